The van der Waals surface area contributed by atoms with Crippen molar-refractivity contribution in [1.82, 2.24) is 5.43 Å². The van der Waals surface area contributed by atoms with Gasteiger partial charge in [-0.1, -0.05) is 0 Å². The molecule has 0 radical (unpaired) electrons. The lowest BCUT2D eigenvalue weighted by molar-refractivity contribution is 0.755. The van der Waals surface area contributed by atoms with Crippen molar-refractivity contribution in [3.8, 4) is 0 Å². The van der Waals surface area contributed by atoms with Gasteiger partial charge in [0.2, 0.25) is 0 Å². The molecule has 1 rings (SSSR count). The van der Waals surface area contributed by atoms with Crippen LogP contribution in [-0.4, -0.2) is 18.8 Å². The summed E-state index contributed by atoms with van der Waals surface area (Å²) in [6, 6.07) is 0.144. The molecule has 34 valence electrons. The number of nitrogens with one attached hydrogen (secondary N) is 1. The fourth-order valence-electron chi connectivity index (χ4n) is 0.359. The fraction of sp³-hybridized carbons (Fsp3) is 0.667. The Morgan fingerprint density at radius 2 is 2.83 bits per heavy atom. The molecule has 1 unspecified atom stereocenters. The van der Waals surface area contributed by atoms with Crippen molar-refractivity contribution in [3.63, 3.8) is 0 Å². The summed E-state index contributed by atoms with van der Waals surface area (Å²) in [6.07, 6.45) is 1.69. The molecule has 6 heavy (non-hydrogen) atoms. The molecular formula is C3H7N3. The Labute approximate surface area is 36.2 Å². The number of hydrazone groups is 1. The average Bonchev–Trinajstić information content (AvgIpc) is 1.86. The first-order chi connectivity index (χ1) is 2.89. The molecule has 1 aliphatic rings. The first-order valence-corrected chi connectivity index (χ1v) is 1.91. The maximum absolute atomic E-state index is 5.32. The van der Waals surface area contributed by atoms with Crippen molar-refractivity contribution < 1.29 is 0 Å². The zero-order valence-electron chi connectivity index (χ0n) is 3.39. The predicted octanol–water partition coefficient (Wildman–Crippen LogP) is -1.10. The Kier molecular flexibility index (Phi) is 0.759. The van der Waals surface area contributed by atoms with Crippen LogP contribution in [0.15, 0.2) is 5.10 Å². The third-order valence-electron chi connectivity index (χ3n) is 0.684. The second-order valence-corrected chi connectivity index (χ2v) is 1.30. The molecule has 0 saturated heterocycles. The minimum absolute atomic E-state index is 0.144. The summed E-state index contributed by atoms with van der Waals surface area (Å²) < 4.78 is 0. The molecule has 0 spiro atoms. The third-order valence-corrected chi connectivity index (χ3v) is 0.684. The predicted molar refractivity (Wildman–Crippen MR) is 24.5 cm³/mol. The summed E-state index contributed by atoms with van der Waals surface area (Å²) in [5.41, 5.74) is 8.04. The monoisotopic (exact) mass is 85.1 g/mol. The third kappa shape index (κ3) is 0.490. The number of nitrogens with zero attached hydrogens (tertiary/aromatic N) is 1. The van der Waals surface area contributed by atoms with Crippen molar-refractivity contribution in [2.75, 3.05) is 6.54 Å². The lowest BCUT2D eigenvalue weighted by Crippen LogP contribution is -2.25. The van der Waals surface area contributed by atoms with Gasteiger partial charge in [-0.2, -0.15) is 5.10 Å². The van der Waals surface area contributed by atoms with E-state index >= 15 is 0 Å². The molecule has 0 aromatic heterocycles. The van der Waals surface area contributed by atoms with Gasteiger partial charge in [-0.15, -0.1) is 0 Å². The highest BCUT2D eigenvalue weighted by atomic mass is 15.3. The highest BCUT2D eigenvalue weighted by Crippen LogP contribution is 1.76. The second kappa shape index (κ2) is 1.26. The van der Waals surface area contributed by atoms with E-state index in [0.717, 1.165) is 6.54 Å². The van der Waals surface area contributed by atoms with Gasteiger partial charge in [0.25, 0.3) is 0 Å². The molecule has 1 heterocycles. The molecule has 0 aromatic carbocycles. The van der Waals surface area contributed by atoms with Gasteiger partial charge in [-0.05, 0) is 0 Å². The minimum atomic E-state index is 0.144. The van der Waals surface area contributed by atoms with Crippen LogP contribution in [0.25, 0.3) is 0 Å². The molecule has 0 aliphatic carbocycles. The van der Waals surface area contributed by atoms with Crippen LogP contribution in [-0.2, 0) is 0 Å². The summed E-state index contributed by atoms with van der Waals surface area (Å²) in [4.78, 5) is 0. The molecular weight excluding hydrogens is 78.1 g/mol. The van der Waals surface area contributed by atoms with Crippen LogP contribution in [0.2, 0.25) is 0 Å². The van der Waals surface area contributed by atoms with E-state index in [1.54, 1.807) is 6.21 Å². The molecule has 3 heteroatoms. The zero-order chi connectivity index (χ0) is 4.41. The SMILES string of the molecule is NC1C=NNC1. The maximum Gasteiger partial charge on any atom is 0.0609 e. The van der Waals surface area contributed by atoms with Crippen LogP contribution >= 0.6 is 0 Å². The van der Waals surface area contributed by atoms with Crippen LogP contribution < -0.4 is 11.2 Å². The Morgan fingerprint density at radius 1 is 2.00 bits per heavy atom. The average molecular weight is 85.1 g/mol. The van der Waals surface area contributed by atoms with Crippen LogP contribution in [0.3, 0.4) is 0 Å². The highest BCUT2D eigenvalue weighted by Gasteiger charge is 1.99. The van der Waals surface area contributed by atoms with Crippen molar-refractivity contribution in [2.24, 2.45) is 10.8 Å². The van der Waals surface area contributed by atoms with Gasteiger partial charge in [0.1, 0.15) is 0 Å². The van der Waals surface area contributed by atoms with Crippen molar-refractivity contribution in [1.29, 1.82) is 0 Å². The fourth-order valence-corrected chi connectivity index (χ4v) is 0.359. The number of nitrogens with two attached hydrogens (primary N) is 1. The van der Waals surface area contributed by atoms with E-state index in [1.165, 1.54) is 0 Å². The number of hydrogen-bond donors (Lipinski definition) is 2. The van der Waals surface area contributed by atoms with Crippen LogP contribution in [0.4, 0.5) is 0 Å². The van der Waals surface area contributed by atoms with Crippen molar-refractivity contribution in [3.05, 3.63) is 0 Å². The van der Waals surface area contributed by atoms with Gasteiger partial charge in [0, 0.05) is 6.21 Å². The summed E-state index contributed by atoms with van der Waals surface area (Å²) in [5, 5.41) is 3.66. The summed E-state index contributed by atoms with van der Waals surface area (Å²) in [6.45, 7) is 0.792. The molecule has 0 bridgehead atoms. The van der Waals surface area contributed by atoms with Crippen LogP contribution in [0, 0.1) is 0 Å². The van der Waals surface area contributed by atoms with Crippen molar-refractivity contribution in [2.45, 2.75) is 6.04 Å². The molecule has 1 atom stereocenters. The topological polar surface area (TPSA) is 50.4 Å². The molecule has 0 amide bonds. The van der Waals surface area contributed by atoms with E-state index in [1.807, 2.05) is 0 Å². The summed E-state index contributed by atoms with van der Waals surface area (Å²) in [7, 11) is 0. The summed E-state index contributed by atoms with van der Waals surface area (Å²) >= 11 is 0. The summed E-state index contributed by atoms with van der Waals surface area (Å²) in [5.74, 6) is 0. The zero-order valence-corrected chi connectivity index (χ0v) is 3.39. The number of hydrogen-bond acceptors (Lipinski definition) is 3. The minimum Gasteiger partial charge on any atom is -0.322 e. The van der Waals surface area contributed by atoms with Crippen LogP contribution in [0.5, 0.6) is 0 Å². The largest absolute Gasteiger partial charge is 0.322 e. The standard InChI is InChI=1S/C3H7N3/c4-3-1-5-6-2-3/h1,3,6H,2,4H2. The lowest BCUT2D eigenvalue weighted by Gasteiger charge is -1.89. The molecule has 0 fully saturated rings. The lowest BCUT2D eigenvalue weighted by atomic mass is 10.4. The molecule has 3 nitrogen and oxygen atoms in total. The van der Waals surface area contributed by atoms with Gasteiger partial charge >= 0.3 is 0 Å². The Balaban J connectivity index is 2.38. The number of rotatable bonds is 0. The van der Waals surface area contributed by atoms with E-state index in [4.69, 9.17) is 5.73 Å². The van der Waals surface area contributed by atoms with E-state index in [2.05, 4.69) is 10.5 Å². The van der Waals surface area contributed by atoms with Gasteiger partial charge in [0.05, 0.1) is 12.6 Å². The van der Waals surface area contributed by atoms with Gasteiger partial charge in [0.15, 0.2) is 0 Å². The van der Waals surface area contributed by atoms with Gasteiger partial charge in [-0.3, -0.25) is 0 Å². The van der Waals surface area contributed by atoms with Gasteiger partial charge in [-0.25, -0.2) is 0 Å². The molecule has 0 saturated carbocycles. The van der Waals surface area contributed by atoms with E-state index < -0.39 is 0 Å². The maximum atomic E-state index is 5.32. The Bertz CT molecular complexity index is 68.4. The molecule has 1 aliphatic heterocycles. The Morgan fingerprint density at radius 3 is 3.00 bits per heavy atom. The van der Waals surface area contributed by atoms with E-state index in [9.17, 15) is 0 Å². The molecule has 3 N–H and O–H groups in total. The quantitative estimate of drug-likeness (QED) is 0.392. The van der Waals surface area contributed by atoms with Gasteiger partial charge < -0.3 is 11.2 Å². The first-order valence-electron chi connectivity index (χ1n) is 1.91. The Hall–Kier alpha value is -0.570. The highest BCUT2D eigenvalue weighted by molar-refractivity contribution is 5.65. The van der Waals surface area contributed by atoms with E-state index in [-0.39, 0.29) is 6.04 Å². The normalized spacial score (nSPS) is 30.5. The second-order valence-electron chi connectivity index (χ2n) is 1.30. The smallest absolute Gasteiger partial charge is 0.0609 e. The van der Waals surface area contributed by atoms with E-state index in [0.29, 0.717) is 0 Å². The van der Waals surface area contributed by atoms with Crippen LogP contribution in [0.1, 0.15) is 0 Å². The first kappa shape index (κ1) is 3.61. The molecule has 0 aromatic rings. The van der Waals surface area contributed by atoms with Crippen molar-refractivity contribution >= 4 is 6.21 Å².